The Bertz CT molecular complexity index is 349. The second-order valence-electron chi connectivity index (χ2n) is 6.99. The lowest BCUT2D eigenvalue weighted by Crippen LogP contribution is -2.36. The number of hydrogen-bond donors (Lipinski definition) is 2. The first-order valence-electron chi connectivity index (χ1n) is 7.98. The SMILES string of the molecule is CN(C)CCO.CN(C)Cc1ccccc1.C[N+](C)(C)CCO. The molecule has 0 aliphatic carbocycles. The first-order chi connectivity index (χ1) is 10.6. The van der Waals surface area contributed by atoms with E-state index in [1.807, 2.05) is 25.1 Å². The summed E-state index contributed by atoms with van der Waals surface area (Å²) >= 11 is 0. The van der Waals surface area contributed by atoms with Crippen molar-refractivity contribution in [3.63, 3.8) is 0 Å². The molecule has 5 heteroatoms. The van der Waals surface area contributed by atoms with Gasteiger partial charge >= 0.3 is 0 Å². The van der Waals surface area contributed by atoms with Gasteiger partial charge in [-0.1, -0.05) is 30.3 Å². The standard InChI is InChI=1S/C9H13N.C5H14NO.C4H11NO/c1-10(2)8-9-6-4-3-5-7-9;1-6(2,3)4-5-7;1-5(2)3-4-6/h3-7H,8H2,1-2H3;7H,4-5H2,1-3H3;6H,3-4H2,1-2H3/q;+1;. The molecule has 0 saturated carbocycles. The first-order valence-corrected chi connectivity index (χ1v) is 7.98. The number of aliphatic hydroxyl groups is 2. The number of benzene rings is 1. The van der Waals surface area contributed by atoms with E-state index in [0.717, 1.165) is 24.1 Å². The van der Waals surface area contributed by atoms with Crippen molar-refractivity contribution in [2.45, 2.75) is 6.54 Å². The first kappa shape index (κ1) is 24.3. The van der Waals surface area contributed by atoms with Crippen LogP contribution >= 0.6 is 0 Å². The Balaban J connectivity index is 0. The normalized spacial score (nSPS) is 10.7. The molecule has 0 radical (unpaired) electrons. The Labute approximate surface area is 143 Å². The van der Waals surface area contributed by atoms with Gasteiger partial charge in [-0.15, -0.1) is 0 Å². The fourth-order valence-corrected chi connectivity index (χ4v) is 1.45. The van der Waals surface area contributed by atoms with Crippen LogP contribution in [0.5, 0.6) is 0 Å². The van der Waals surface area contributed by atoms with Crippen LogP contribution in [0, 0.1) is 0 Å². The monoisotopic (exact) mass is 328 g/mol. The van der Waals surface area contributed by atoms with E-state index in [-0.39, 0.29) is 13.2 Å². The summed E-state index contributed by atoms with van der Waals surface area (Å²) in [7, 11) is 14.2. The van der Waals surface area contributed by atoms with Crippen molar-refractivity contribution in [3.05, 3.63) is 35.9 Å². The minimum Gasteiger partial charge on any atom is -0.395 e. The van der Waals surface area contributed by atoms with Crippen molar-refractivity contribution in [2.24, 2.45) is 0 Å². The summed E-state index contributed by atoms with van der Waals surface area (Å²) in [5, 5.41) is 16.6. The van der Waals surface area contributed by atoms with Crippen LogP contribution in [0.25, 0.3) is 0 Å². The molecule has 5 nitrogen and oxygen atoms in total. The summed E-state index contributed by atoms with van der Waals surface area (Å²) in [4.78, 5) is 4.09. The molecule has 2 N–H and O–H groups in total. The number of hydrogen-bond acceptors (Lipinski definition) is 4. The molecule has 1 aromatic carbocycles. The number of likely N-dealkylation sites (N-methyl/N-ethyl adjacent to an activating group) is 2. The highest BCUT2D eigenvalue weighted by Crippen LogP contribution is 1.99. The van der Waals surface area contributed by atoms with E-state index in [1.54, 1.807) is 0 Å². The predicted octanol–water partition coefficient (Wildman–Crippen LogP) is 0.973. The van der Waals surface area contributed by atoms with Crippen molar-refractivity contribution in [1.29, 1.82) is 0 Å². The fraction of sp³-hybridized carbons (Fsp3) is 0.667. The summed E-state index contributed by atoms with van der Waals surface area (Å²) in [6, 6.07) is 10.5. The molecule has 23 heavy (non-hydrogen) atoms. The zero-order chi connectivity index (χ0) is 18.3. The smallest absolute Gasteiger partial charge is 0.101 e. The molecule has 0 spiro atoms. The maximum absolute atomic E-state index is 8.39. The molecular formula is C18H38N3O2+. The minimum absolute atomic E-state index is 0.257. The van der Waals surface area contributed by atoms with Gasteiger partial charge in [0.15, 0.2) is 0 Å². The highest BCUT2D eigenvalue weighted by Gasteiger charge is 2.02. The highest BCUT2D eigenvalue weighted by atomic mass is 16.3. The van der Waals surface area contributed by atoms with Gasteiger partial charge < -0.3 is 24.5 Å². The number of rotatable bonds is 6. The van der Waals surface area contributed by atoms with Crippen molar-refractivity contribution in [1.82, 2.24) is 9.80 Å². The lowest BCUT2D eigenvalue weighted by atomic mass is 10.2. The Morgan fingerprint density at radius 1 is 0.826 bits per heavy atom. The third-order valence-corrected chi connectivity index (χ3v) is 2.66. The van der Waals surface area contributed by atoms with Gasteiger partial charge in [0.25, 0.3) is 0 Å². The van der Waals surface area contributed by atoms with Gasteiger partial charge in [0.1, 0.15) is 6.54 Å². The predicted molar refractivity (Wildman–Crippen MR) is 99.5 cm³/mol. The summed E-state index contributed by atoms with van der Waals surface area (Å²) in [5.74, 6) is 0. The Morgan fingerprint density at radius 2 is 1.35 bits per heavy atom. The molecular weight excluding hydrogens is 290 g/mol. The van der Waals surface area contributed by atoms with Crippen LogP contribution in [0.2, 0.25) is 0 Å². The summed E-state index contributed by atoms with van der Waals surface area (Å²) in [6.45, 7) is 3.16. The second-order valence-corrected chi connectivity index (χ2v) is 6.99. The third-order valence-electron chi connectivity index (χ3n) is 2.66. The van der Waals surface area contributed by atoms with Crippen LogP contribution in [-0.2, 0) is 6.54 Å². The van der Waals surface area contributed by atoms with Crippen molar-refractivity contribution in [3.8, 4) is 0 Å². The van der Waals surface area contributed by atoms with Crippen LogP contribution in [0.1, 0.15) is 5.56 Å². The molecule has 0 heterocycles. The van der Waals surface area contributed by atoms with Crippen molar-refractivity contribution < 1.29 is 14.7 Å². The Morgan fingerprint density at radius 3 is 1.57 bits per heavy atom. The van der Waals surface area contributed by atoms with E-state index in [2.05, 4.69) is 64.4 Å². The minimum atomic E-state index is 0.257. The van der Waals surface area contributed by atoms with Crippen LogP contribution in [0.15, 0.2) is 30.3 Å². The lowest BCUT2D eigenvalue weighted by molar-refractivity contribution is -0.870. The van der Waals surface area contributed by atoms with E-state index in [0.29, 0.717) is 0 Å². The molecule has 1 rings (SSSR count). The molecule has 136 valence electrons. The van der Waals surface area contributed by atoms with Crippen LogP contribution in [-0.4, -0.2) is 100 Å². The highest BCUT2D eigenvalue weighted by molar-refractivity contribution is 5.14. The topological polar surface area (TPSA) is 46.9 Å². The number of aliphatic hydroxyl groups excluding tert-OH is 2. The van der Waals surface area contributed by atoms with Gasteiger partial charge in [0.05, 0.1) is 34.4 Å². The van der Waals surface area contributed by atoms with Crippen molar-refractivity contribution in [2.75, 3.05) is 75.6 Å². The van der Waals surface area contributed by atoms with E-state index in [9.17, 15) is 0 Å². The van der Waals surface area contributed by atoms with Gasteiger partial charge in [-0.2, -0.15) is 0 Å². The third kappa shape index (κ3) is 23.4. The zero-order valence-corrected chi connectivity index (χ0v) is 16.2. The van der Waals surface area contributed by atoms with Gasteiger partial charge in [0, 0.05) is 13.1 Å². The van der Waals surface area contributed by atoms with E-state index < -0.39 is 0 Å². The molecule has 0 aromatic heterocycles. The average Bonchev–Trinajstić information content (AvgIpc) is 2.39. The van der Waals surface area contributed by atoms with Crippen LogP contribution in [0.3, 0.4) is 0 Å². The van der Waals surface area contributed by atoms with Crippen LogP contribution in [0.4, 0.5) is 0 Å². The molecule has 0 amide bonds. The number of nitrogens with zero attached hydrogens (tertiary/aromatic N) is 3. The Hall–Kier alpha value is -0.980. The summed E-state index contributed by atoms with van der Waals surface area (Å²) in [6.07, 6.45) is 0. The van der Waals surface area contributed by atoms with Gasteiger partial charge in [-0.3, -0.25) is 0 Å². The number of quaternary nitrogens is 1. The van der Waals surface area contributed by atoms with Gasteiger partial charge in [0.2, 0.25) is 0 Å². The maximum atomic E-state index is 8.39. The largest absolute Gasteiger partial charge is 0.395 e. The summed E-state index contributed by atoms with van der Waals surface area (Å²) in [5.41, 5.74) is 1.37. The van der Waals surface area contributed by atoms with E-state index >= 15 is 0 Å². The zero-order valence-electron chi connectivity index (χ0n) is 16.2. The van der Waals surface area contributed by atoms with E-state index in [4.69, 9.17) is 10.2 Å². The summed E-state index contributed by atoms with van der Waals surface area (Å²) < 4.78 is 0.844. The molecule has 0 aliphatic rings. The van der Waals surface area contributed by atoms with Crippen molar-refractivity contribution >= 4 is 0 Å². The molecule has 0 fully saturated rings. The fourth-order valence-electron chi connectivity index (χ4n) is 1.45. The quantitative estimate of drug-likeness (QED) is 0.764. The van der Waals surface area contributed by atoms with Gasteiger partial charge in [-0.05, 0) is 33.8 Å². The lowest BCUT2D eigenvalue weighted by Gasteiger charge is -2.21. The molecule has 0 bridgehead atoms. The average molecular weight is 329 g/mol. The second kappa shape index (κ2) is 14.6. The molecule has 0 saturated heterocycles. The maximum Gasteiger partial charge on any atom is 0.101 e. The van der Waals surface area contributed by atoms with E-state index in [1.165, 1.54) is 5.56 Å². The Kier molecular flexibility index (Phi) is 15.4. The van der Waals surface area contributed by atoms with Gasteiger partial charge in [-0.25, -0.2) is 0 Å². The molecule has 0 atom stereocenters. The molecule has 1 aromatic rings. The molecule has 0 unspecified atom stereocenters. The van der Waals surface area contributed by atoms with Crippen LogP contribution < -0.4 is 0 Å². The molecule has 0 aliphatic heterocycles.